The molecule has 0 heterocycles. The second-order valence-corrected chi connectivity index (χ2v) is 7.97. The van der Waals surface area contributed by atoms with Crippen molar-refractivity contribution in [2.24, 2.45) is 5.14 Å². The van der Waals surface area contributed by atoms with Crippen LogP contribution in [-0.4, -0.2) is 21.0 Å². The lowest BCUT2D eigenvalue weighted by atomic mass is 10.1. The van der Waals surface area contributed by atoms with E-state index in [-0.39, 0.29) is 16.7 Å². The topological polar surface area (TPSA) is 101 Å². The zero-order valence-electron chi connectivity index (χ0n) is 14.0. The second-order valence-electron chi connectivity index (χ2n) is 6.41. The van der Waals surface area contributed by atoms with Gasteiger partial charge in [0.15, 0.2) is 0 Å². The number of amides is 2. The Morgan fingerprint density at radius 3 is 2.23 bits per heavy atom. The first-order valence-electron chi connectivity index (χ1n) is 8.22. The molecule has 0 aliphatic heterocycles. The quantitative estimate of drug-likeness (QED) is 0.718. The van der Waals surface area contributed by atoms with Crippen LogP contribution in [0.5, 0.6) is 0 Å². The molecule has 0 saturated heterocycles. The second kappa shape index (κ2) is 7.05. The van der Waals surface area contributed by atoms with E-state index in [0.717, 1.165) is 24.0 Å². The van der Waals surface area contributed by atoms with E-state index in [4.69, 9.17) is 5.14 Å². The van der Waals surface area contributed by atoms with E-state index in [2.05, 4.69) is 10.6 Å². The molecule has 4 N–H and O–H groups in total. The van der Waals surface area contributed by atoms with Crippen LogP contribution in [0.15, 0.2) is 53.4 Å². The minimum Gasteiger partial charge on any atom is -0.338 e. The molecule has 2 aromatic carbocycles. The van der Waals surface area contributed by atoms with Gasteiger partial charge in [-0.2, -0.15) is 0 Å². The number of primary sulfonamides is 1. The molecule has 1 fully saturated rings. The maximum absolute atomic E-state index is 13.0. The third kappa shape index (κ3) is 4.39. The van der Waals surface area contributed by atoms with E-state index in [1.807, 2.05) is 0 Å². The van der Waals surface area contributed by atoms with Crippen molar-refractivity contribution in [3.63, 3.8) is 0 Å². The number of sulfonamides is 1. The number of nitrogens with one attached hydrogen (secondary N) is 2. The predicted molar refractivity (Wildman–Crippen MR) is 95.4 cm³/mol. The molecule has 1 aliphatic rings. The Morgan fingerprint density at radius 2 is 1.69 bits per heavy atom. The molecule has 0 atom stereocenters. The van der Waals surface area contributed by atoms with E-state index < -0.39 is 15.6 Å². The summed E-state index contributed by atoms with van der Waals surface area (Å²) >= 11 is 0. The third-order valence-corrected chi connectivity index (χ3v) is 5.38. The summed E-state index contributed by atoms with van der Waals surface area (Å²) < 4.78 is 35.5. The minimum absolute atomic E-state index is 0.0573. The van der Waals surface area contributed by atoms with Crippen molar-refractivity contribution >= 4 is 16.1 Å². The molecule has 0 bridgehead atoms. The predicted octanol–water partition coefficient (Wildman–Crippen LogP) is 2.00. The lowest BCUT2D eigenvalue weighted by Crippen LogP contribution is -2.42. The zero-order chi connectivity index (χ0) is 18.8. The Labute approximate surface area is 151 Å². The summed E-state index contributed by atoms with van der Waals surface area (Å²) in [5.74, 6) is -0.303. The van der Waals surface area contributed by atoms with Crippen molar-refractivity contribution in [2.45, 2.75) is 29.7 Å². The van der Waals surface area contributed by atoms with Gasteiger partial charge in [0.05, 0.1) is 10.4 Å². The average molecular weight is 377 g/mol. The minimum atomic E-state index is -3.70. The first-order chi connectivity index (χ1) is 12.3. The highest BCUT2D eigenvalue weighted by molar-refractivity contribution is 7.89. The van der Waals surface area contributed by atoms with Gasteiger partial charge >= 0.3 is 6.03 Å². The normalized spacial score (nSPS) is 15.3. The number of benzene rings is 2. The molecular weight excluding hydrogens is 357 g/mol. The maximum Gasteiger partial charge on any atom is 0.315 e. The molecule has 3 rings (SSSR count). The van der Waals surface area contributed by atoms with E-state index in [1.54, 1.807) is 24.3 Å². The number of hydrogen-bond donors (Lipinski definition) is 3. The number of nitrogens with two attached hydrogens (primary N) is 1. The molecule has 1 saturated carbocycles. The number of urea groups is 1. The summed E-state index contributed by atoms with van der Waals surface area (Å²) in [6.07, 6.45) is 2.20. The van der Waals surface area contributed by atoms with Gasteiger partial charge in [-0.1, -0.05) is 24.3 Å². The van der Waals surface area contributed by atoms with Gasteiger partial charge in [0, 0.05) is 6.54 Å². The molecule has 1 aliphatic carbocycles. The molecule has 8 heteroatoms. The molecule has 2 aromatic rings. The molecule has 0 unspecified atom stereocenters. The van der Waals surface area contributed by atoms with Crippen LogP contribution in [0.4, 0.5) is 9.18 Å². The smallest absolute Gasteiger partial charge is 0.315 e. The van der Waals surface area contributed by atoms with Gasteiger partial charge in [-0.25, -0.2) is 22.7 Å². The molecule has 6 nitrogen and oxygen atoms in total. The van der Waals surface area contributed by atoms with Gasteiger partial charge in [0.2, 0.25) is 10.0 Å². The van der Waals surface area contributed by atoms with Gasteiger partial charge in [-0.15, -0.1) is 0 Å². The van der Waals surface area contributed by atoms with Gasteiger partial charge in [0.25, 0.3) is 0 Å². The third-order valence-electron chi connectivity index (χ3n) is 4.45. The van der Waals surface area contributed by atoms with Gasteiger partial charge in [-0.3, -0.25) is 0 Å². The van der Waals surface area contributed by atoms with Crippen molar-refractivity contribution in [3.05, 3.63) is 65.5 Å². The SMILES string of the molecule is NS(=O)(=O)c1ccc(CCNC(=O)NC2(c3ccc(F)cc3)CC2)cc1. The van der Waals surface area contributed by atoms with Crippen molar-refractivity contribution in [1.29, 1.82) is 0 Å². The molecule has 0 radical (unpaired) electrons. The van der Waals surface area contributed by atoms with Crippen LogP contribution in [0, 0.1) is 5.82 Å². The summed E-state index contributed by atoms with van der Waals surface area (Å²) in [5.41, 5.74) is 1.37. The molecule has 138 valence electrons. The van der Waals surface area contributed by atoms with Crippen LogP contribution in [-0.2, 0) is 22.0 Å². The first kappa shape index (κ1) is 18.3. The fraction of sp³-hybridized carbons (Fsp3) is 0.278. The van der Waals surface area contributed by atoms with E-state index in [9.17, 15) is 17.6 Å². The first-order valence-corrected chi connectivity index (χ1v) is 9.77. The highest BCUT2D eigenvalue weighted by atomic mass is 32.2. The van der Waals surface area contributed by atoms with Gasteiger partial charge in [-0.05, 0) is 54.7 Å². The molecule has 2 amide bonds. The maximum atomic E-state index is 13.0. The van der Waals surface area contributed by atoms with E-state index in [0.29, 0.717) is 13.0 Å². The largest absolute Gasteiger partial charge is 0.338 e. The fourth-order valence-electron chi connectivity index (χ4n) is 2.81. The highest BCUT2D eigenvalue weighted by Gasteiger charge is 2.45. The molecule has 0 spiro atoms. The Bertz CT molecular complexity index is 892. The Morgan fingerprint density at radius 1 is 1.08 bits per heavy atom. The Kier molecular flexibility index (Phi) is 4.97. The summed E-state index contributed by atoms with van der Waals surface area (Å²) in [6.45, 7) is 0.403. The Hall–Kier alpha value is -2.45. The summed E-state index contributed by atoms with van der Waals surface area (Å²) in [7, 11) is -3.70. The highest BCUT2D eigenvalue weighted by Crippen LogP contribution is 2.45. The van der Waals surface area contributed by atoms with Gasteiger partial charge in [0.1, 0.15) is 5.82 Å². The number of rotatable bonds is 6. The van der Waals surface area contributed by atoms with Crippen molar-refractivity contribution in [1.82, 2.24) is 10.6 Å². The molecule has 26 heavy (non-hydrogen) atoms. The summed E-state index contributed by atoms with van der Waals surface area (Å²) in [5, 5.41) is 10.8. The Balaban J connectivity index is 1.49. The zero-order valence-corrected chi connectivity index (χ0v) is 14.9. The van der Waals surface area contributed by atoms with Crippen LogP contribution in [0.2, 0.25) is 0 Å². The lowest BCUT2D eigenvalue weighted by molar-refractivity contribution is 0.236. The van der Waals surface area contributed by atoms with Crippen LogP contribution < -0.4 is 15.8 Å². The van der Waals surface area contributed by atoms with Crippen LogP contribution >= 0.6 is 0 Å². The number of halogens is 1. The fourth-order valence-corrected chi connectivity index (χ4v) is 3.32. The number of hydrogen-bond acceptors (Lipinski definition) is 3. The monoisotopic (exact) mass is 377 g/mol. The van der Waals surface area contributed by atoms with Crippen molar-refractivity contribution < 1.29 is 17.6 Å². The molecule has 0 aromatic heterocycles. The molecular formula is C18H20FN3O3S. The number of carbonyl (C=O) groups is 1. The van der Waals surface area contributed by atoms with Crippen molar-refractivity contribution in [2.75, 3.05) is 6.54 Å². The van der Waals surface area contributed by atoms with E-state index in [1.165, 1.54) is 24.3 Å². The number of carbonyl (C=O) groups excluding carboxylic acids is 1. The van der Waals surface area contributed by atoms with E-state index >= 15 is 0 Å². The van der Waals surface area contributed by atoms with Crippen LogP contribution in [0.25, 0.3) is 0 Å². The van der Waals surface area contributed by atoms with Gasteiger partial charge < -0.3 is 10.6 Å². The van der Waals surface area contributed by atoms with Crippen LogP contribution in [0.1, 0.15) is 24.0 Å². The lowest BCUT2D eigenvalue weighted by Gasteiger charge is -2.18. The van der Waals surface area contributed by atoms with Crippen LogP contribution in [0.3, 0.4) is 0 Å². The standard InChI is InChI=1S/C18H20FN3O3S/c19-15-5-3-14(4-6-15)18(10-11-18)22-17(23)21-12-9-13-1-7-16(8-2-13)26(20,24)25/h1-8H,9-12H2,(H2,20,24,25)(H2,21,22,23). The summed E-state index contributed by atoms with van der Waals surface area (Å²) in [4.78, 5) is 12.2. The van der Waals surface area contributed by atoms with Crippen molar-refractivity contribution in [3.8, 4) is 0 Å². The summed E-state index contributed by atoms with van der Waals surface area (Å²) in [6, 6.07) is 12.1. The average Bonchev–Trinajstić information content (AvgIpc) is 3.35.